The second-order valence-electron chi connectivity index (χ2n) is 4.16. The van der Waals surface area contributed by atoms with Gasteiger partial charge in [0.25, 0.3) is 0 Å². The number of aliphatic hydroxyl groups is 1. The van der Waals surface area contributed by atoms with E-state index in [0.29, 0.717) is 17.0 Å². The van der Waals surface area contributed by atoms with Gasteiger partial charge in [-0.2, -0.15) is 0 Å². The monoisotopic (exact) mass is 362 g/mol. The van der Waals surface area contributed by atoms with Crippen LogP contribution in [0.3, 0.4) is 0 Å². The SMILES string of the molecule is OC(Cc1ccc(Br)cc1Cl)c1cc(F)cc(Cl)c1. The number of aliphatic hydroxyl groups excluding tert-OH is 1. The summed E-state index contributed by atoms with van der Waals surface area (Å²) in [6.07, 6.45) is -0.557. The zero-order chi connectivity index (χ0) is 14.0. The van der Waals surface area contributed by atoms with Gasteiger partial charge in [-0.3, -0.25) is 0 Å². The molecule has 1 atom stereocenters. The summed E-state index contributed by atoms with van der Waals surface area (Å²) in [7, 11) is 0. The Balaban J connectivity index is 2.22. The van der Waals surface area contributed by atoms with E-state index in [2.05, 4.69) is 15.9 Å². The Kier molecular flexibility index (Phi) is 4.85. The molecule has 0 spiro atoms. The molecule has 0 saturated heterocycles. The molecule has 0 radical (unpaired) electrons. The summed E-state index contributed by atoms with van der Waals surface area (Å²) in [6.45, 7) is 0. The number of benzene rings is 2. The van der Waals surface area contributed by atoms with E-state index in [4.69, 9.17) is 23.2 Å². The van der Waals surface area contributed by atoms with Gasteiger partial charge < -0.3 is 5.11 Å². The van der Waals surface area contributed by atoms with Crippen molar-refractivity contribution in [2.24, 2.45) is 0 Å². The molecule has 1 nitrogen and oxygen atoms in total. The molecule has 1 N–H and O–H groups in total. The molecule has 5 heteroatoms. The highest BCUT2D eigenvalue weighted by molar-refractivity contribution is 9.10. The largest absolute Gasteiger partial charge is 0.388 e. The standard InChI is InChI=1S/C14H10BrCl2FO/c15-10-2-1-8(13(17)6-10)5-14(19)9-3-11(16)7-12(18)4-9/h1-4,6-7,14,19H,5H2. The van der Waals surface area contributed by atoms with E-state index in [1.165, 1.54) is 12.1 Å². The topological polar surface area (TPSA) is 20.2 Å². The number of rotatable bonds is 3. The number of hydrogen-bond donors (Lipinski definition) is 1. The Morgan fingerprint density at radius 2 is 1.89 bits per heavy atom. The first-order valence-corrected chi connectivity index (χ1v) is 7.08. The van der Waals surface area contributed by atoms with E-state index in [0.717, 1.165) is 10.0 Å². The Hall–Kier alpha value is -0.610. The summed E-state index contributed by atoms with van der Waals surface area (Å²) in [5, 5.41) is 10.9. The third-order valence-electron chi connectivity index (χ3n) is 2.70. The molecule has 0 bridgehead atoms. The van der Waals surface area contributed by atoms with E-state index in [1.807, 2.05) is 12.1 Å². The fourth-order valence-electron chi connectivity index (χ4n) is 1.78. The Morgan fingerprint density at radius 3 is 2.53 bits per heavy atom. The summed E-state index contributed by atoms with van der Waals surface area (Å²) in [6, 6.07) is 9.42. The Bertz CT molecular complexity index is 584. The molecule has 0 fully saturated rings. The average molecular weight is 364 g/mol. The maximum Gasteiger partial charge on any atom is 0.125 e. The van der Waals surface area contributed by atoms with Gasteiger partial charge in [0.15, 0.2) is 0 Å². The Labute approximate surface area is 129 Å². The third kappa shape index (κ3) is 3.93. The van der Waals surface area contributed by atoms with Crippen LogP contribution in [0.1, 0.15) is 17.2 Å². The van der Waals surface area contributed by atoms with Crippen molar-refractivity contribution in [3.8, 4) is 0 Å². The lowest BCUT2D eigenvalue weighted by Crippen LogP contribution is -2.03. The molecule has 0 aliphatic carbocycles. The molecule has 0 heterocycles. The molecule has 0 saturated carbocycles. The van der Waals surface area contributed by atoms with Crippen molar-refractivity contribution < 1.29 is 9.50 Å². The van der Waals surface area contributed by atoms with Gasteiger partial charge in [0, 0.05) is 20.9 Å². The normalized spacial score (nSPS) is 12.5. The van der Waals surface area contributed by atoms with Crippen LogP contribution in [0.15, 0.2) is 40.9 Å². The Morgan fingerprint density at radius 1 is 1.16 bits per heavy atom. The van der Waals surface area contributed by atoms with Gasteiger partial charge in [-0.25, -0.2) is 4.39 Å². The lowest BCUT2D eigenvalue weighted by molar-refractivity contribution is 0.178. The first-order valence-electron chi connectivity index (χ1n) is 5.53. The predicted molar refractivity (Wildman–Crippen MR) is 79.2 cm³/mol. The van der Waals surface area contributed by atoms with Gasteiger partial charge >= 0.3 is 0 Å². The lowest BCUT2D eigenvalue weighted by Gasteiger charge is -2.13. The van der Waals surface area contributed by atoms with Gasteiger partial charge in [0.2, 0.25) is 0 Å². The van der Waals surface area contributed by atoms with Crippen molar-refractivity contribution in [3.63, 3.8) is 0 Å². The van der Waals surface area contributed by atoms with Gasteiger partial charge in [0.1, 0.15) is 5.82 Å². The van der Waals surface area contributed by atoms with Crippen LogP contribution in [0, 0.1) is 5.82 Å². The molecule has 2 aromatic rings. The van der Waals surface area contributed by atoms with Crippen LogP contribution in [-0.2, 0) is 6.42 Å². The molecular formula is C14H10BrCl2FO. The van der Waals surface area contributed by atoms with E-state index < -0.39 is 11.9 Å². The van der Waals surface area contributed by atoms with E-state index in [-0.39, 0.29) is 5.02 Å². The molecular weight excluding hydrogens is 354 g/mol. The minimum Gasteiger partial charge on any atom is -0.388 e. The zero-order valence-corrected chi connectivity index (χ0v) is 12.8. The maximum absolute atomic E-state index is 13.2. The van der Waals surface area contributed by atoms with Gasteiger partial charge in [-0.1, -0.05) is 45.2 Å². The van der Waals surface area contributed by atoms with Crippen LogP contribution < -0.4 is 0 Å². The highest BCUT2D eigenvalue weighted by atomic mass is 79.9. The molecule has 0 aliphatic rings. The summed E-state index contributed by atoms with van der Waals surface area (Å²) < 4.78 is 14.1. The summed E-state index contributed by atoms with van der Waals surface area (Å²) in [5.41, 5.74) is 1.22. The van der Waals surface area contributed by atoms with Gasteiger partial charge in [-0.05, 0) is 41.5 Å². The van der Waals surface area contributed by atoms with Crippen molar-refractivity contribution in [3.05, 3.63) is 67.9 Å². The first-order chi connectivity index (χ1) is 8.95. The fraction of sp³-hybridized carbons (Fsp3) is 0.143. The van der Waals surface area contributed by atoms with Crippen molar-refractivity contribution in [2.75, 3.05) is 0 Å². The van der Waals surface area contributed by atoms with E-state index in [9.17, 15) is 9.50 Å². The molecule has 0 amide bonds. The molecule has 1 unspecified atom stereocenters. The molecule has 2 rings (SSSR count). The molecule has 0 aromatic heterocycles. The van der Waals surface area contributed by atoms with Crippen molar-refractivity contribution in [2.45, 2.75) is 12.5 Å². The molecule has 2 aromatic carbocycles. The fourth-order valence-corrected chi connectivity index (χ4v) is 2.76. The second-order valence-corrected chi connectivity index (χ2v) is 5.92. The minimum atomic E-state index is -0.855. The minimum absolute atomic E-state index is 0.260. The second kappa shape index (κ2) is 6.23. The predicted octanol–water partition coefficient (Wildman–Crippen LogP) is 5.17. The van der Waals surface area contributed by atoms with E-state index >= 15 is 0 Å². The first kappa shape index (κ1) is 14.8. The molecule has 19 heavy (non-hydrogen) atoms. The quantitative estimate of drug-likeness (QED) is 0.797. The lowest BCUT2D eigenvalue weighted by atomic mass is 10.0. The number of hydrogen-bond acceptors (Lipinski definition) is 1. The highest BCUT2D eigenvalue weighted by Crippen LogP contribution is 2.27. The van der Waals surface area contributed by atoms with Crippen molar-refractivity contribution >= 4 is 39.1 Å². The number of halogens is 4. The summed E-state index contributed by atoms with van der Waals surface area (Å²) in [5.74, 6) is -0.469. The molecule has 100 valence electrons. The van der Waals surface area contributed by atoms with Crippen molar-refractivity contribution in [1.29, 1.82) is 0 Å². The van der Waals surface area contributed by atoms with Crippen LogP contribution in [-0.4, -0.2) is 5.11 Å². The maximum atomic E-state index is 13.2. The van der Waals surface area contributed by atoms with Crippen LogP contribution >= 0.6 is 39.1 Å². The van der Waals surface area contributed by atoms with Gasteiger partial charge in [-0.15, -0.1) is 0 Å². The molecule has 0 aliphatic heterocycles. The summed E-state index contributed by atoms with van der Waals surface area (Å²) in [4.78, 5) is 0. The van der Waals surface area contributed by atoms with Crippen LogP contribution in [0.25, 0.3) is 0 Å². The smallest absolute Gasteiger partial charge is 0.125 e. The van der Waals surface area contributed by atoms with Crippen LogP contribution in [0.5, 0.6) is 0 Å². The van der Waals surface area contributed by atoms with Gasteiger partial charge in [0.05, 0.1) is 6.10 Å². The third-order valence-corrected chi connectivity index (χ3v) is 3.76. The average Bonchev–Trinajstić information content (AvgIpc) is 2.31. The van der Waals surface area contributed by atoms with E-state index in [1.54, 1.807) is 12.1 Å². The summed E-state index contributed by atoms with van der Waals surface area (Å²) >= 11 is 15.2. The van der Waals surface area contributed by atoms with Crippen LogP contribution in [0.2, 0.25) is 10.0 Å². The zero-order valence-electron chi connectivity index (χ0n) is 9.71. The van der Waals surface area contributed by atoms with Crippen LogP contribution in [0.4, 0.5) is 4.39 Å². The van der Waals surface area contributed by atoms with Crippen molar-refractivity contribution in [1.82, 2.24) is 0 Å². The highest BCUT2D eigenvalue weighted by Gasteiger charge is 2.13.